The van der Waals surface area contributed by atoms with Gasteiger partial charge in [0.15, 0.2) is 0 Å². The summed E-state index contributed by atoms with van der Waals surface area (Å²) in [5.74, 6) is 0.0305. The van der Waals surface area contributed by atoms with E-state index in [1.165, 1.54) is 6.07 Å². The van der Waals surface area contributed by atoms with Gasteiger partial charge in [-0.2, -0.15) is 0 Å². The van der Waals surface area contributed by atoms with E-state index >= 15 is 0 Å². The van der Waals surface area contributed by atoms with Crippen molar-refractivity contribution in [2.24, 2.45) is 0 Å². The third-order valence-electron chi connectivity index (χ3n) is 5.37. The second kappa shape index (κ2) is 15.0. The average Bonchev–Trinajstić information content (AvgIpc) is 2.79. The number of aliphatic hydroxyl groups excluding tert-OH is 2. The number of nitrogens with one attached hydrogen (secondary N) is 2. The Balaban J connectivity index is 1.46. The third kappa shape index (κ3) is 11.3. The molecule has 0 aromatic heterocycles. The van der Waals surface area contributed by atoms with Gasteiger partial charge in [-0.05, 0) is 80.5 Å². The SMILES string of the molecule is CS(=O)(=O)Nc1cccc(CCCCOCCCCCNC[C@@H](O)c2ccc(O)c(CO)c2)c1. The smallest absolute Gasteiger partial charge is 0.229 e. The van der Waals surface area contributed by atoms with Crippen molar-refractivity contribution in [3.8, 4) is 5.75 Å². The normalized spacial score (nSPS) is 12.6. The maximum atomic E-state index is 11.3. The van der Waals surface area contributed by atoms with Crippen LogP contribution < -0.4 is 10.0 Å². The molecule has 2 aromatic carbocycles. The van der Waals surface area contributed by atoms with Crippen LogP contribution in [0.25, 0.3) is 0 Å². The highest BCUT2D eigenvalue weighted by Crippen LogP contribution is 2.22. The highest BCUT2D eigenvalue weighted by molar-refractivity contribution is 7.92. The zero-order chi connectivity index (χ0) is 24.8. The summed E-state index contributed by atoms with van der Waals surface area (Å²) in [4.78, 5) is 0. The molecule has 0 saturated heterocycles. The van der Waals surface area contributed by atoms with E-state index in [2.05, 4.69) is 10.0 Å². The summed E-state index contributed by atoms with van der Waals surface area (Å²) in [6.45, 7) is 2.40. The second-order valence-electron chi connectivity index (χ2n) is 8.47. The molecule has 0 aliphatic heterocycles. The van der Waals surface area contributed by atoms with Crippen molar-refractivity contribution >= 4 is 15.7 Å². The first kappa shape index (κ1) is 28.1. The van der Waals surface area contributed by atoms with Gasteiger partial charge in [-0.15, -0.1) is 0 Å². The van der Waals surface area contributed by atoms with E-state index in [0.717, 1.165) is 63.5 Å². The van der Waals surface area contributed by atoms with E-state index in [9.17, 15) is 23.7 Å². The lowest BCUT2D eigenvalue weighted by molar-refractivity contribution is 0.126. The van der Waals surface area contributed by atoms with Gasteiger partial charge in [0.2, 0.25) is 10.0 Å². The van der Waals surface area contributed by atoms with Crippen LogP contribution in [-0.2, 0) is 27.8 Å². The number of aryl methyl sites for hydroxylation is 1. The van der Waals surface area contributed by atoms with E-state index in [4.69, 9.17) is 4.74 Å². The summed E-state index contributed by atoms with van der Waals surface area (Å²) in [5.41, 5.74) is 2.77. The molecule has 0 unspecified atom stereocenters. The summed E-state index contributed by atoms with van der Waals surface area (Å²) in [7, 11) is -3.26. The zero-order valence-electron chi connectivity index (χ0n) is 19.9. The van der Waals surface area contributed by atoms with E-state index in [-0.39, 0.29) is 12.4 Å². The van der Waals surface area contributed by atoms with Crippen molar-refractivity contribution in [2.75, 3.05) is 37.3 Å². The van der Waals surface area contributed by atoms with Crippen LogP contribution in [0.4, 0.5) is 5.69 Å². The van der Waals surface area contributed by atoms with Gasteiger partial charge in [-0.3, -0.25) is 4.72 Å². The number of hydrogen-bond donors (Lipinski definition) is 5. The van der Waals surface area contributed by atoms with Crippen molar-refractivity contribution < 1.29 is 28.5 Å². The highest BCUT2D eigenvalue weighted by Gasteiger charge is 2.10. The van der Waals surface area contributed by atoms with E-state index in [1.807, 2.05) is 18.2 Å². The van der Waals surface area contributed by atoms with Gasteiger partial charge in [-0.25, -0.2) is 8.42 Å². The van der Waals surface area contributed by atoms with Gasteiger partial charge in [0.05, 0.1) is 19.0 Å². The molecule has 34 heavy (non-hydrogen) atoms. The van der Waals surface area contributed by atoms with Crippen molar-refractivity contribution in [1.29, 1.82) is 0 Å². The Hall–Kier alpha value is -2.17. The van der Waals surface area contributed by atoms with Gasteiger partial charge >= 0.3 is 0 Å². The van der Waals surface area contributed by atoms with Crippen LogP contribution in [0.2, 0.25) is 0 Å². The van der Waals surface area contributed by atoms with Crippen LogP contribution in [0.15, 0.2) is 42.5 Å². The lowest BCUT2D eigenvalue weighted by atomic mass is 10.1. The van der Waals surface area contributed by atoms with Gasteiger partial charge in [-0.1, -0.05) is 18.2 Å². The number of aliphatic hydroxyl groups is 2. The first-order valence-corrected chi connectivity index (χ1v) is 13.6. The van der Waals surface area contributed by atoms with E-state index < -0.39 is 16.1 Å². The second-order valence-corrected chi connectivity index (χ2v) is 10.2. The van der Waals surface area contributed by atoms with Crippen LogP contribution in [-0.4, -0.2) is 56.3 Å². The summed E-state index contributed by atoms with van der Waals surface area (Å²) in [5, 5.41) is 32.3. The standard InChI is InChI=1S/C25H38N2O6S/c1-34(31,32)27-23-10-7-9-20(16-23)8-3-6-15-33-14-5-2-4-13-26-18-25(30)21-11-12-24(29)22(17-21)19-28/h7,9-12,16-17,25-30H,2-6,8,13-15,18-19H2,1H3/t25-/m1/s1. The molecule has 0 aliphatic rings. The molecule has 0 saturated carbocycles. The molecule has 190 valence electrons. The van der Waals surface area contributed by atoms with Gasteiger partial charge in [0.1, 0.15) is 5.75 Å². The maximum Gasteiger partial charge on any atom is 0.229 e. The molecular weight excluding hydrogens is 456 g/mol. The number of unbranched alkanes of at least 4 members (excludes halogenated alkanes) is 3. The minimum absolute atomic E-state index is 0.0305. The predicted molar refractivity (Wildman–Crippen MR) is 134 cm³/mol. The Morgan fingerprint density at radius 1 is 1.00 bits per heavy atom. The van der Waals surface area contributed by atoms with Gasteiger partial charge in [0, 0.05) is 31.0 Å². The molecular formula is C25H38N2O6S. The summed E-state index contributed by atoms with van der Waals surface area (Å²) >= 11 is 0. The fourth-order valence-electron chi connectivity index (χ4n) is 3.57. The van der Waals surface area contributed by atoms with Crippen LogP contribution in [0.3, 0.4) is 0 Å². The molecule has 0 radical (unpaired) electrons. The quantitative estimate of drug-likeness (QED) is 0.214. The fraction of sp³-hybridized carbons (Fsp3) is 0.520. The number of sulfonamides is 1. The van der Waals surface area contributed by atoms with Crippen LogP contribution in [0, 0.1) is 0 Å². The van der Waals surface area contributed by atoms with Crippen LogP contribution >= 0.6 is 0 Å². The molecule has 0 heterocycles. The summed E-state index contributed by atoms with van der Waals surface area (Å²) < 4.78 is 30.9. The number of ether oxygens (including phenoxy) is 1. The molecule has 1 atom stereocenters. The molecule has 0 amide bonds. The number of rotatable bonds is 17. The van der Waals surface area contributed by atoms with Crippen molar-refractivity contribution in [1.82, 2.24) is 5.32 Å². The summed E-state index contributed by atoms with van der Waals surface area (Å²) in [6, 6.07) is 12.2. The van der Waals surface area contributed by atoms with Gasteiger partial charge < -0.3 is 25.4 Å². The van der Waals surface area contributed by atoms with Crippen LogP contribution in [0.5, 0.6) is 5.75 Å². The lowest BCUT2D eigenvalue weighted by Crippen LogP contribution is -2.22. The zero-order valence-corrected chi connectivity index (χ0v) is 20.7. The maximum absolute atomic E-state index is 11.3. The van der Waals surface area contributed by atoms with Crippen molar-refractivity contribution in [3.05, 3.63) is 59.2 Å². The highest BCUT2D eigenvalue weighted by atomic mass is 32.2. The van der Waals surface area contributed by atoms with Gasteiger partial charge in [0.25, 0.3) is 0 Å². The molecule has 0 spiro atoms. The van der Waals surface area contributed by atoms with Crippen molar-refractivity contribution in [2.45, 2.75) is 51.2 Å². The number of anilines is 1. The summed E-state index contributed by atoms with van der Waals surface area (Å²) in [6.07, 6.45) is 6.29. The molecule has 2 rings (SSSR count). The van der Waals surface area contributed by atoms with E-state index in [0.29, 0.717) is 30.0 Å². The lowest BCUT2D eigenvalue weighted by Gasteiger charge is -2.14. The molecule has 8 nitrogen and oxygen atoms in total. The first-order valence-electron chi connectivity index (χ1n) is 11.7. The molecule has 2 aromatic rings. The number of aromatic hydroxyl groups is 1. The minimum atomic E-state index is -3.26. The topological polar surface area (TPSA) is 128 Å². The monoisotopic (exact) mass is 494 g/mol. The van der Waals surface area contributed by atoms with Crippen molar-refractivity contribution in [3.63, 3.8) is 0 Å². The Kier molecular flexibility index (Phi) is 12.3. The third-order valence-corrected chi connectivity index (χ3v) is 5.98. The first-order chi connectivity index (χ1) is 16.3. The predicted octanol–water partition coefficient (Wildman–Crippen LogP) is 3.09. The Bertz CT molecular complexity index is 968. The molecule has 0 fully saturated rings. The number of phenols is 1. The number of hydrogen-bond acceptors (Lipinski definition) is 7. The molecule has 0 aliphatic carbocycles. The Morgan fingerprint density at radius 3 is 2.50 bits per heavy atom. The minimum Gasteiger partial charge on any atom is -0.508 e. The number of benzene rings is 2. The molecule has 9 heteroatoms. The average molecular weight is 495 g/mol. The Morgan fingerprint density at radius 2 is 1.76 bits per heavy atom. The largest absolute Gasteiger partial charge is 0.508 e. The Labute approximate surface area is 203 Å². The van der Waals surface area contributed by atoms with E-state index in [1.54, 1.807) is 18.2 Å². The van der Waals surface area contributed by atoms with Crippen LogP contribution in [0.1, 0.15) is 54.9 Å². The molecule has 0 bridgehead atoms. The fourth-order valence-corrected chi connectivity index (χ4v) is 4.12. The molecule has 5 N–H and O–H groups in total.